The van der Waals surface area contributed by atoms with E-state index in [0.29, 0.717) is 5.56 Å². The van der Waals surface area contributed by atoms with Crippen LogP contribution in [-0.2, 0) is 54.2 Å². The fraction of sp³-hybridized carbons (Fsp3) is 0.422. The number of aliphatic hydroxyl groups excluding tert-OH is 4. The number of fused-ring (bicyclic) bond motifs is 3. The molecule has 12 N–H and O–H groups in total. The number of hydrogen-bond donors (Lipinski definition) is 12. The first-order valence-corrected chi connectivity index (χ1v) is 21.6. The van der Waals surface area contributed by atoms with Gasteiger partial charge < -0.3 is 77.0 Å². The Balaban J connectivity index is 1.15. The number of ether oxygens (including phenoxy) is 3. The number of carboxylic acids is 1. The van der Waals surface area contributed by atoms with Crippen LogP contribution >= 0.6 is 0 Å². The van der Waals surface area contributed by atoms with Gasteiger partial charge in [0.25, 0.3) is 0 Å². The molecule has 0 spiro atoms. The van der Waals surface area contributed by atoms with E-state index >= 15 is 0 Å². The monoisotopic (exact) mass is 949 g/mol. The van der Waals surface area contributed by atoms with Crippen LogP contribution < -0.4 is 37.2 Å². The van der Waals surface area contributed by atoms with Crippen LogP contribution in [0.1, 0.15) is 35.4 Å². The quantitative estimate of drug-likeness (QED) is 0.0312. The second-order valence-corrected chi connectivity index (χ2v) is 15.7. The molecule has 1 aliphatic carbocycles. The third-order valence-corrected chi connectivity index (χ3v) is 10.9. The molecule has 1 heterocycles. The van der Waals surface area contributed by atoms with Crippen LogP contribution in [0.5, 0.6) is 0 Å². The predicted molar refractivity (Wildman–Crippen MR) is 236 cm³/mol. The van der Waals surface area contributed by atoms with Crippen molar-refractivity contribution in [1.29, 1.82) is 0 Å². The molecule has 0 aromatic heterocycles. The zero-order valence-corrected chi connectivity index (χ0v) is 36.6. The maximum Gasteiger partial charge on any atom is 0.407 e. The summed E-state index contributed by atoms with van der Waals surface area (Å²) in [6.45, 7) is -4.08. The SMILES string of the molecule is O=C(O)COCNC(=O)CNC(=O)[C@H](Cc1ccccc1)NC(=O)CNC(=O)CNC(=O)[C@H](CCC(=O)NC[C@@H]1O[C@H](CO)[C@@H](O)[C@H](O)[C@H]1O)NC(=O)OCC1c2ccccc2-c2ccccc21. The van der Waals surface area contributed by atoms with Gasteiger partial charge in [-0.05, 0) is 34.2 Å². The molecule has 23 nitrogen and oxygen atoms in total. The van der Waals surface area contributed by atoms with Gasteiger partial charge in [-0.15, -0.1) is 0 Å². The topological polar surface area (TPSA) is 350 Å². The second-order valence-electron chi connectivity index (χ2n) is 15.7. The van der Waals surface area contributed by atoms with Gasteiger partial charge in [-0.1, -0.05) is 78.9 Å². The van der Waals surface area contributed by atoms with E-state index in [1.54, 1.807) is 30.3 Å². The molecular formula is C45H55N7O16. The van der Waals surface area contributed by atoms with Crippen LogP contribution in [0.3, 0.4) is 0 Å². The lowest BCUT2D eigenvalue weighted by atomic mass is 9.95. The Bertz CT molecular complexity index is 2200. The molecule has 2 aliphatic rings. The van der Waals surface area contributed by atoms with Crippen LogP contribution in [0.4, 0.5) is 4.79 Å². The number of carboxylic acid groups (broad SMARTS) is 1. The van der Waals surface area contributed by atoms with Gasteiger partial charge in [-0.3, -0.25) is 28.8 Å². The molecule has 0 unspecified atom stereocenters. The third-order valence-electron chi connectivity index (χ3n) is 10.9. The first-order chi connectivity index (χ1) is 32.6. The number of alkyl carbamates (subject to hydrolysis) is 1. The van der Waals surface area contributed by atoms with Crippen molar-refractivity contribution in [3.8, 4) is 11.1 Å². The highest BCUT2D eigenvalue weighted by molar-refractivity contribution is 5.94. The molecule has 1 fully saturated rings. The normalized spacial score (nSPS) is 19.1. The highest BCUT2D eigenvalue weighted by atomic mass is 16.6. The Labute approximate surface area is 389 Å². The number of benzene rings is 3. The van der Waals surface area contributed by atoms with Gasteiger partial charge in [0.15, 0.2) is 0 Å². The molecule has 1 saturated heterocycles. The van der Waals surface area contributed by atoms with Gasteiger partial charge in [0.05, 0.1) is 26.2 Å². The number of aliphatic hydroxyl groups is 4. The van der Waals surface area contributed by atoms with E-state index in [0.717, 1.165) is 22.3 Å². The number of amides is 7. The van der Waals surface area contributed by atoms with E-state index in [1.807, 2.05) is 48.5 Å². The average molecular weight is 950 g/mol. The van der Waals surface area contributed by atoms with Gasteiger partial charge in [0.2, 0.25) is 35.4 Å². The number of carbonyl (C=O) groups excluding carboxylic acids is 7. The van der Waals surface area contributed by atoms with Crippen molar-refractivity contribution in [2.24, 2.45) is 0 Å². The zero-order chi connectivity index (χ0) is 49.2. The minimum absolute atomic E-state index is 0.00437. The summed E-state index contributed by atoms with van der Waals surface area (Å²) in [6.07, 6.45) is -9.02. The highest BCUT2D eigenvalue weighted by Gasteiger charge is 2.43. The molecule has 23 heteroatoms. The van der Waals surface area contributed by atoms with E-state index in [-0.39, 0.29) is 31.9 Å². The minimum Gasteiger partial charge on any atom is -0.480 e. The number of nitrogens with one attached hydrogen (secondary N) is 7. The van der Waals surface area contributed by atoms with Crippen LogP contribution in [0.2, 0.25) is 0 Å². The van der Waals surface area contributed by atoms with Crippen molar-refractivity contribution in [2.45, 2.75) is 67.8 Å². The smallest absolute Gasteiger partial charge is 0.407 e. The van der Waals surface area contributed by atoms with Crippen LogP contribution in [-0.4, -0.2) is 168 Å². The molecule has 366 valence electrons. The molecule has 0 saturated carbocycles. The van der Waals surface area contributed by atoms with E-state index in [1.165, 1.54) is 0 Å². The molecule has 7 amide bonds. The molecule has 3 aromatic rings. The molecule has 0 radical (unpaired) electrons. The Kier molecular flexibility index (Phi) is 19.7. The van der Waals surface area contributed by atoms with E-state index in [9.17, 15) is 58.8 Å². The van der Waals surface area contributed by atoms with Gasteiger partial charge >= 0.3 is 12.1 Å². The molecule has 0 bridgehead atoms. The molecule has 3 aromatic carbocycles. The number of hydrogen-bond acceptors (Lipinski definition) is 15. The molecule has 68 heavy (non-hydrogen) atoms. The van der Waals surface area contributed by atoms with Crippen molar-refractivity contribution in [1.82, 2.24) is 37.2 Å². The largest absolute Gasteiger partial charge is 0.480 e. The first-order valence-electron chi connectivity index (χ1n) is 21.6. The summed E-state index contributed by atoms with van der Waals surface area (Å²) in [4.78, 5) is 101. The Hall–Kier alpha value is -7.02. The van der Waals surface area contributed by atoms with Gasteiger partial charge in [-0.2, -0.15) is 0 Å². The Morgan fingerprint density at radius 2 is 1.19 bits per heavy atom. The number of aliphatic carboxylic acids is 1. The van der Waals surface area contributed by atoms with Gasteiger partial charge in [0, 0.05) is 25.3 Å². The van der Waals surface area contributed by atoms with Gasteiger partial charge in [0.1, 0.15) is 62.5 Å². The van der Waals surface area contributed by atoms with Crippen molar-refractivity contribution in [3.63, 3.8) is 0 Å². The van der Waals surface area contributed by atoms with Gasteiger partial charge in [-0.25, -0.2) is 9.59 Å². The molecule has 7 atom stereocenters. The predicted octanol–water partition coefficient (Wildman–Crippen LogP) is -3.12. The fourth-order valence-electron chi connectivity index (χ4n) is 7.44. The zero-order valence-electron chi connectivity index (χ0n) is 36.6. The summed E-state index contributed by atoms with van der Waals surface area (Å²) in [6, 6.07) is 21.2. The Morgan fingerprint density at radius 3 is 1.82 bits per heavy atom. The van der Waals surface area contributed by atoms with Crippen LogP contribution in [0.15, 0.2) is 78.9 Å². The summed E-state index contributed by atoms with van der Waals surface area (Å²) in [5, 5.41) is 65.4. The van der Waals surface area contributed by atoms with E-state index in [4.69, 9.17) is 19.3 Å². The third kappa shape index (κ3) is 15.3. The van der Waals surface area contributed by atoms with Crippen LogP contribution in [0, 0.1) is 0 Å². The Morgan fingerprint density at radius 1 is 0.618 bits per heavy atom. The van der Waals surface area contributed by atoms with Crippen molar-refractivity contribution >= 4 is 47.5 Å². The summed E-state index contributed by atoms with van der Waals surface area (Å²) in [5.41, 5.74) is 4.49. The van der Waals surface area contributed by atoms with Crippen molar-refractivity contribution in [3.05, 3.63) is 95.6 Å². The maximum atomic E-state index is 13.5. The summed E-state index contributed by atoms with van der Waals surface area (Å²) < 4.78 is 15.8. The lowest BCUT2D eigenvalue weighted by molar-refractivity contribution is -0.227. The summed E-state index contributed by atoms with van der Waals surface area (Å²) in [7, 11) is 0. The number of rotatable bonds is 24. The molecular weight excluding hydrogens is 895 g/mol. The van der Waals surface area contributed by atoms with Crippen molar-refractivity contribution < 1.29 is 78.1 Å². The molecule has 1 aliphatic heterocycles. The number of carbonyl (C=O) groups is 8. The van der Waals surface area contributed by atoms with Crippen molar-refractivity contribution in [2.75, 3.05) is 52.7 Å². The van der Waals surface area contributed by atoms with E-state index in [2.05, 4.69) is 37.2 Å². The first kappa shape index (κ1) is 52.0. The standard InChI is InChI=1S/C45H55N7O16/c53-21-34-41(61)42(62)40(60)33(68-34)17-46-35(54)15-14-31(52-45(65)67-22-30-28-12-6-4-10-26(28)27-11-5-7-13-29(27)30)43(63)48-18-36(55)47-20-38(57)51-32(16-25-8-2-1-3-9-25)44(64)49-19-37(56)50-24-66-23-39(58)59/h1-13,30-34,40-42,53,60-62H,14-24H2,(H,46,54)(H,47,55)(H,48,63)(H,49,64)(H,50,56)(H,51,57)(H,52,65)(H,58,59)/t31-,32-,33-,34+,40-,41+,42+/m0/s1. The second kappa shape index (κ2) is 25.8. The lowest BCUT2D eigenvalue weighted by Crippen LogP contribution is -2.60. The summed E-state index contributed by atoms with van der Waals surface area (Å²) >= 11 is 0. The average Bonchev–Trinajstić information content (AvgIpc) is 3.66. The van der Waals surface area contributed by atoms with Crippen LogP contribution in [0.25, 0.3) is 11.1 Å². The highest BCUT2D eigenvalue weighted by Crippen LogP contribution is 2.44. The van der Waals surface area contributed by atoms with E-state index < -0.39 is 136 Å². The lowest BCUT2D eigenvalue weighted by Gasteiger charge is -2.40. The fourth-order valence-corrected chi connectivity index (χ4v) is 7.44. The minimum atomic E-state index is -1.67. The maximum absolute atomic E-state index is 13.5. The summed E-state index contributed by atoms with van der Waals surface area (Å²) in [5.74, 6) is -6.25. The molecule has 5 rings (SSSR count).